The molecule has 0 bridgehead atoms. The standard InChI is InChI=1S/C90H74F2N2O/c1-3-59-29-35-65(36-30-59)89(67-39-43-69(91)44-40-67)83-27-13-11-25-77(83)79-49-33-63(55-85(79)89)61-17-15-23-73(53-61)93(71-19-7-5-8-20-71)75-47-51-87-81(57-75)82-58-76(48-52-88(82)95-87)94(72-21-9-6-10-22-72)74-24-16-18-62(54-74)64-34-50-80-78-26-12-14-28-84(78)90(86(80)56-64,68-41-45-70(92)46-42-68)66-37-31-60(4-2)32-38-66/h3-9,11-17,19-21,23-29,31,34-48,50-60,62,77,82-83,88H,1-2,10,18,22,30,32-33,49H2. The summed E-state index contributed by atoms with van der Waals surface area (Å²) in [6.07, 6.45) is 56.9. The molecule has 0 saturated heterocycles. The molecule has 0 saturated carbocycles. The Morgan fingerprint density at radius 3 is 2.03 bits per heavy atom. The van der Waals surface area contributed by atoms with E-state index in [1.54, 1.807) is 24.3 Å². The molecule has 0 fully saturated rings. The Balaban J connectivity index is 0.724. The third kappa shape index (κ3) is 9.71. The topological polar surface area (TPSA) is 15.7 Å². The quantitative estimate of drug-likeness (QED) is 0.101. The lowest BCUT2D eigenvalue weighted by molar-refractivity contribution is 0.266. The maximum absolute atomic E-state index is 14.9. The number of hydrogen-bond donors (Lipinski definition) is 0. The highest BCUT2D eigenvalue weighted by Crippen LogP contribution is 2.63. The zero-order valence-corrected chi connectivity index (χ0v) is 53.3. The molecular formula is C90H74F2N2O. The van der Waals surface area contributed by atoms with Crippen molar-refractivity contribution in [3.63, 3.8) is 0 Å². The van der Waals surface area contributed by atoms with E-state index in [4.69, 9.17) is 4.74 Å². The van der Waals surface area contributed by atoms with Gasteiger partial charge in [-0.05, 0) is 221 Å². The summed E-state index contributed by atoms with van der Waals surface area (Å²) in [5.74, 6) is 1.40. The van der Waals surface area contributed by atoms with Crippen molar-refractivity contribution in [3.05, 3.63) is 401 Å². The Morgan fingerprint density at radius 2 is 1.26 bits per heavy atom. The van der Waals surface area contributed by atoms with Crippen molar-refractivity contribution in [3.8, 4) is 16.9 Å². The molecule has 95 heavy (non-hydrogen) atoms. The summed E-state index contributed by atoms with van der Waals surface area (Å²) < 4.78 is 36.8. The smallest absolute Gasteiger partial charge is 0.128 e. The number of allylic oxidation sites excluding steroid dienone is 26. The minimum Gasteiger partial charge on any atom is -0.485 e. The molecule has 7 aromatic carbocycles. The molecule has 5 heteroatoms. The summed E-state index contributed by atoms with van der Waals surface area (Å²) in [6, 6.07) is 57.1. The molecule has 9 atom stereocenters. The molecule has 1 heterocycles. The van der Waals surface area contributed by atoms with Crippen molar-refractivity contribution in [1.29, 1.82) is 0 Å². The van der Waals surface area contributed by atoms with E-state index in [1.807, 2.05) is 36.4 Å². The van der Waals surface area contributed by atoms with Crippen LogP contribution in [0.25, 0.3) is 16.7 Å². The van der Waals surface area contributed by atoms with Crippen LogP contribution in [-0.2, 0) is 10.8 Å². The molecule has 0 aromatic heterocycles. The number of benzene rings is 7. The number of halogens is 2. The lowest BCUT2D eigenvalue weighted by Crippen LogP contribution is -2.37. The number of anilines is 3. The van der Waals surface area contributed by atoms with Crippen LogP contribution in [0.3, 0.4) is 0 Å². The molecule has 10 aliphatic rings. The van der Waals surface area contributed by atoms with Gasteiger partial charge in [0.1, 0.15) is 23.5 Å². The lowest BCUT2D eigenvalue weighted by atomic mass is 9.60. The number of hydrogen-bond acceptors (Lipinski definition) is 3. The molecule has 1 aliphatic heterocycles. The Morgan fingerprint density at radius 1 is 0.537 bits per heavy atom. The number of para-hydroxylation sites is 1. The summed E-state index contributed by atoms with van der Waals surface area (Å²) in [7, 11) is 0. The average Bonchev–Trinajstić information content (AvgIpc) is 1.51. The maximum Gasteiger partial charge on any atom is 0.128 e. The zero-order chi connectivity index (χ0) is 63.8. The molecule has 0 N–H and O–H groups in total. The first-order chi connectivity index (χ1) is 46.8. The van der Waals surface area contributed by atoms with Gasteiger partial charge in [-0.1, -0.05) is 206 Å². The molecule has 0 spiro atoms. The van der Waals surface area contributed by atoms with Crippen LogP contribution in [0.5, 0.6) is 5.75 Å². The second-order valence-corrected chi connectivity index (χ2v) is 27.0. The minimum absolute atomic E-state index is 0.0456. The van der Waals surface area contributed by atoms with Crippen LogP contribution in [0.1, 0.15) is 95.7 Å². The number of fused-ring (bicyclic) bond motifs is 8. The molecule has 7 aromatic rings. The van der Waals surface area contributed by atoms with Gasteiger partial charge in [-0.2, -0.15) is 0 Å². The van der Waals surface area contributed by atoms with Gasteiger partial charge in [0.25, 0.3) is 0 Å². The highest BCUT2D eigenvalue weighted by atomic mass is 19.1. The molecule has 464 valence electrons. The van der Waals surface area contributed by atoms with E-state index in [2.05, 4.69) is 260 Å². The first-order valence-corrected chi connectivity index (χ1v) is 34.1. The van der Waals surface area contributed by atoms with Gasteiger partial charge in [-0.15, -0.1) is 13.2 Å². The summed E-state index contributed by atoms with van der Waals surface area (Å²) in [5, 5.41) is 0. The van der Waals surface area contributed by atoms with Crippen molar-refractivity contribution in [2.45, 2.75) is 73.7 Å². The van der Waals surface area contributed by atoms with E-state index in [-0.39, 0.29) is 53.2 Å². The Labute approximate surface area is 557 Å². The molecule has 0 radical (unpaired) electrons. The van der Waals surface area contributed by atoms with Gasteiger partial charge < -0.3 is 14.5 Å². The van der Waals surface area contributed by atoms with Gasteiger partial charge in [0, 0.05) is 63.4 Å². The summed E-state index contributed by atoms with van der Waals surface area (Å²) in [5.41, 5.74) is 22.8. The van der Waals surface area contributed by atoms with Crippen LogP contribution in [0.15, 0.2) is 350 Å². The summed E-state index contributed by atoms with van der Waals surface area (Å²) in [6.45, 7) is 8.27. The molecule has 9 aliphatic carbocycles. The number of nitrogens with zero attached hydrogens (tertiary/aromatic N) is 2. The highest BCUT2D eigenvalue weighted by Gasteiger charge is 2.55. The van der Waals surface area contributed by atoms with Gasteiger partial charge in [-0.3, -0.25) is 0 Å². The molecule has 3 nitrogen and oxygen atoms in total. The van der Waals surface area contributed by atoms with E-state index >= 15 is 0 Å². The van der Waals surface area contributed by atoms with E-state index < -0.39 is 10.8 Å². The fraction of sp³-hybridized carbons (Fsp3) is 0.178. The van der Waals surface area contributed by atoms with Gasteiger partial charge in [0.05, 0.1) is 10.8 Å². The van der Waals surface area contributed by atoms with Crippen LogP contribution in [0.2, 0.25) is 0 Å². The van der Waals surface area contributed by atoms with E-state index in [0.29, 0.717) is 0 Å². The molecular weight excluding hydrogens is 1160 g/mol. The lowest BCUT2D eigenvalue weighted by Gasteiger charge is -2.42. The van der Waals surface area contributed by atoms with Crippen molar-refractivity contribution >= 4 is 22.6 Å². The monoisotopic (exact) mass is 1240 g/mol. The average molecular weight is 1240 g/mol. The van der Waals surface area contributed by atoms with Gasteiger partial charge in [0.15, 0.2) is 0 Å². The maximum atomic E-state index is 14.9. The summed E-state index contributed by atoms with van der Waals surface area (Å²) in [4.78, 5) is 4.90. The predicted molar refractivity (Wildman–Crippen MR) is 385 cm³/mol. The van der Waals surface area contributed by atoms with Gasteiger partial charge in [0.2, 0.25) is 0 Å². The van der Waals surface area contributed by atoms with Crippen molar-refractivity contribution in [2.75, 3.05) is 4.90 Å². The number of ether oxygens (including phenoxy) is 1. The fourth-order valence-electron chi connectivity index (χ4n) is 17.5. The van der Waals surface area contributed by atoms with E-state index in [0.717, 1.165) is 95.8 Å². The van der Waals surface area contributed by atoms with Crippen LogP contribution in [0, 0.1) is 35.3 Å². The Bertz CT molecular complexity index is 4780. The van der Waals surface area contributed by atoms with Crippen molar-refractivity contribution in [2.24, 2.45) is 23.7 Å². The molecule has 17 rings (SSSR count). The van der Waals surface area contributed by atoms with Crippen molar-refractivity contribution in [1.82, 2.24) is 4.90 Å². The first-order valence-electron chi connectivity index (χ1n) is 34.1. The zero-order valence-electron chi connectivity index (χ0n) is 53.3. The SMILES string of the molecule is C=CC1C=CC(C2(c3ccc(F)cc3)c3ccccc3-c3ccc(C4C=C(N(C5=CC6c7cc(N(c8ccccc8)c8cccc(C9=CC%10=C(CC9)C9C=CC=CC9C%10(C9=CCC(C=C)C=C9)c9ccc(F)cc9)c8)ccc7OC6C=C5)C5=CC=CCC5)C=CC4)cc32)=CC1. The van der Waals surface area contributed by atoms with Crippen LogP contribution in [0.4, 0.5) is 25.8 Å². The fourth-order valence-corrected chi connectivity index (χ4v) is 17.5. The Hall–Kier alpha value is -10.4. The minimum atomic E-state index is -0.638. The predicted octanol–water partition coefficient (Wildman–Crippen LogP) is 22.4. The van der Waals surface area contributed by atoms with Crippen LogP contribution in [-0.4, -0.2) is 11.0 Å². The van der Waals surface area contributed by atoms with Crippen LogP contribution >= 0.6 is 0 Å². The number of rotatable bonds is 14. The van der Waals surface area contributed by atoms with E-state index in [1.165, 1.54) is 66.9 Å². The van der Waals surface area contributed by atoms with Gasteiger partial charge >= 0.3 is 0 Å². The van der Waals surface area contributed by atoms with Crippen molar-refractivity contribution < 1.29 is 13.5 Å². The van der Waals surface area contributed by atoms with E-state index in [9.17, 15) is 8.78 Å². The second kappa shape index (κ2) is 23.9. The largest absolute Gasteiger partial charge is 0.485 e. The second-order valence-electron chi connectivity index (χ2n) is 27.0. The highest BCUT2D eigenvalue weighted by molar-refractivity contribution is 5.88. The third-order valence-electron chi connectivity index (χ3n) is 22.0. The normalized spacial score (nSPS) is 26.1. The summed E-state index contributed by atoms with van der Waals surface area (Å²) >= 11 is 0. The molecule has 9 unspecified atom stereocenters. The third-order valence-corrected chi connectivity index (χ3v) is 22.0. The van der Waals surface area contributed by atoms with Gasteiger partial charge in [-0.25, -0.2) is 8.78 Å². The molecule has 0 amide bonds. The van der Waals surface area contributed by atoms with Crippen LogP contribution < -0.4 is 9.64 Å². The first kappa shape index (κ1) is 58.5. The Kier molecular flexibility index (Phi) is 14.7.